The third-order valence-corrected chi connectivity index (χ3v) is 2.07. The van der Waals surface area contributed by atoms with Gasteiger partial charge in [0.15, 0.2) is 0 Å². The summed E-state index contributed by atoms with van der Waals surface area (Å²) < 4.78 is 5.47. The van der Waals surface area contributed by atoms with Crippen molar-refractivity contribution in [1.29, 1.82) is 0 Å². The minimum atomic E-state index is 0.394. The van der Waals surface area contributed by atoms with E-state index in [4.69, 9.17) is 10.5 Å². The number of ether oxygens (including phenoxy) is 1. The smallest absolute Gasteiger partial charge is 0.0589 e. The van der Waals surface area contributed by atoms with Gasteiger partial charge in [-0.25, -0.2) is 0 Å². The van der Waals surface area contributed by atoms with Gasteiger partial charge in [-0.3, -0.25) is 0 Å². The van der Waals surface area contributed by atoms with Gasteiger partial charge < -0.3 is 10.5 Å². The summed E-state index contributed by atoms with van der Waals surface area (Å²) in [6.45, 7) is 2.87. The zero-order valence-electron chi connectivity index (χ0n) is 6.68. The van der Waals surface area contributed by atoms with Crippen molar-refractivity contribution in [3.63, 3.8) is 0 Å². The molecule has 1 fully saturated rings. The van der Waals surface area contributed by atoms with Crippen LogP contribution in [0.2, 0.25) is 0 Å². The van der Waals surface area contributed by atoms with E-state index in [1.54, 1.807) is 0 Å². The fraction of sp³-hybridized carbons (Fsp3) is 1.00. The Morgan fingerprint density at radius 1 is 1.50 bits per heavy atom. The Morgan fingerprint density at radius 2 is 2.30 bits per heavy atom. The Labute approximate surface area is 62.7 Å². The molecule has 2 atom stereocenters. The average molecular weight is 143 g/mol. The molecule has 0 aromatic carbocycles. The van der Waals surface area contributed by atoms with Crippen molar-refractivity contribution in [2.45, 2.75) is 44.8 Å². The molecular weight excluding hydrogens is 126 g/mol. The SMILES string of the molecule is CCOC1CCCC(N)C1. The average Bonchev–Trinajstić information content (AvgIpc) is 1.88. The fourth-order valence-corrected chi connectivity index (χ4v) is 1.57. The highest BCUT2D eigenvalue weighted by Crippen LogP contribution is 2.19. The van der Waals surface area contributed by atoms with Crippen molar-refractivity contribution in [3.8, 4) is 0 Å². The van der Waals surface area contributed by atoms with Crippen LogP contribution in [0.4, 0.5) is 0 Å². The Hall–Kier alpha value is -0.0800. The second-order valence-electron chi connectivity index (χ2n) is 3.00. The molecule has 2 nitrogen and oxygen atoms in total. The van der Waals surface area contributed by atoms with Gasteiger partial charge in [0, 0.05) is 12.6 Å². The standard InChI is InChI=1S/C8H17NO/c1-2-10-8-5-3-4-7(9)6-8/h7-8H,2-6,9H2,1H3. The number of hydrogen-bond acceptors (Lipinski definition) is 2. The Balaban J connectivity index is 2.18. The van der Waals surface area contributed by atoms with Crippen molar-refractivity contribution in [1.82, 2.24) is 0 Å². The number of hydrogen-bond donors (Lipinski definition) is 1. The molecule has 0 aromatic rings. The largest absolute Gasteiger partial charge is 0.378 e. The van der Waals surface area contributed by atoms with Crippen LogP contribution in [-0.2, 0) is 4.74 Å². The summed E-state index contributed by atoms with van der Waals surface area (Å²) in [6.07, 6.45) is 5.15. The zero-order chi connectivity index (χ0) is 7.40. The Bertz CT molecular complexity index is 93.3. The fourth-order valence-electron chi connectivity index (χ4n) is 1.57. The lowest BCUT2D eigenvalue weighted by Gasteiger charge is -2.26. The molecule has 0 heterocycles. The van der Waals surface area contributed by atoms with E-state index in [0.29, 0.717) is 12.1 Å². The van der Waals surface area contributed by atoms with E-state index >= 15 is 0 Å². The molecule has 1 rings (SSSR count). The van der Waals surface area contributed by atoms with Crippen LogP contribution < -0.4 is 5.73 Å². The van der Waals surface area contributed by atoms with Crippen molar-refractivity contribution in [2.75, 3.05) is 6.61 Å². The molecule has 0 aromatic heterocycles. The van der Waals surface area contributed by atoms with Gasteiger partial charge in [0.05, 0.1) is 6.10 Å². The first-order chi connectivity index (χ1) is 4.83. The van der Waals surface area contributed by atoms with Crippen LogP contribution >= 0.6 is 0 Å². The van der Waals surface area contributed by atoms with Gasteiger partial charge in [-0.15, -0.1) is 0 Å². The Morgan fingerprint density at radius 3 is 2.90 bits per heavy atom. The van der Waals surface area contributed by atoms with E-state index in [0.717, 1.165) is 13.0 Å². The molecule has 0 spiro atoms. The molecule has 10 heavy (non-hydrogen) atoms. The third kappa shape index (κ3) is 2.27. The highest BCUT2D eigenvalue weighted by atomic mass is 16.5. The summed E-state index contributed by atoms with van der Waals surface area (Å²) in [5, 5.41) is 0. The number of nitrogens with two attached hydrogens (primary N) is 1. The zero-order valence-corrected chi connectivity index (χ0v) is 6.68. The quantitative estimate of drug-likeness (QED) is 0.632. The first kappa shape index (κ1) is 8.02. The topological polar surface area (TPSA) is 35.2 Å². The first-order valence-corrected chi connectivity index (χ1v) is 4.20. The van der Waals surface area contributed by atoms with Gasteiger partial charge in [0.1, 0.15) is 0 Å². The minimum Gasteiger partial charge on any atom is -0.378 e. The first-order valence-electron chi connectivity index (χ1n) is 4.20. The van der Waals surface area contributed by atoms with Crippen LogP contribution in [0.3, 0.4) is 0 Å². The second kappa shape index (κ2) is 3.94. The summed E-state index contributed by atoms with van der Waals surface area (Å²) in [4.78, 5) is 0. The van der Waals surface area contributed by atoms with Gasteiger partial charge in [0.25, 0.3) is 0 Å². The molecule has 2 heteroatoms. The van der Waals surface area contributed by atoms with Crippen LogP contribution in [0.1, 0.15) is 32.6 Å². The highest BCUT2D eigenvalue weighted by molar-refractivity contribution is 4.74. The lowest BCUT2D eigenvalue weighted by atomic mass is 9.94. The summed E-state index contributed by atoms with van der Waals surface area (Å²) >= 11 is 0. The molecule has 60 valence electrons. The van der Waals surface area contributed by atoms with Crippen molar-refractivity contribution < 1.29 is 4.74 Å². The molecule has 0 aliphatic heterocycles. The molecule has 1 aliphatic rings. The van der Waals surface area contributed by atoms with Crippen LogP contribution in [0.15, 0.2) is 0 Å². The highest BCUT2D eigenvalue weighted by Gasteiger charge is 2.18. The monoisotopic (exact) mass is 143 g/mol. The maximum Gasteiger partial charge on any atom is 0.0589 e. The van der Waals surface area contributed by atoms with Crippen molar-refractivity contribution in [2.24, 2.45) is 5.73 Å². The predicted molar refractivity (Wildman–Crippen MR) is 41.9 cm³/mol. The molecule has 2 unspecified atom stereocenters. The summed E-state index contributed by atoms with van der Waals surface area (Å²) in [7, 11) is 0. The van der Waals surface area contributed by atoms with Crippen LogP contribution in [0.5, 0.6) is 0 Å². The molecule has 0 bridgehead atoms. The van der Waals surface area contributed by atoms with E-state index in [9.17, 15) is 0 Å². The summed E-state index contributed by atoms with van der Waals surface area (Å²) in [5.74, 6) is 0. The van der Waals surface area contributed by atoms with Gasteiger partial charge in [-0.05, 0) is 32.6 Å². The van der Waals surface area contributed by atoms with Crippen molar-refractivity contribution in [3.05, 3.63) is 0 Å². The molecule has 0 radical (unpaired) electrons. The molecular formula is C8H17NO. The van der Waals surface area contributed by atoms with E-state index < -0.39 is 0 Å². The summed E-state index contributed by atoms with van der Waals surface area (Å²) in [5.41, 5.74) is 5.78. The van der Waals surface area contributed by atoms with Gasteiger partial charge in [0.2, 0.25) is 0 Å². The Kier molecular flexibility index (Phi) is 3.16. The molecule has 0 saturated heterocycles. The lowest BCUT2D eigenvalue weighted by molar-refractivity contribution is 0.0316. The molecule has 0 amide bonds. The molecule has 1 saturated carbocycles. The third-order valence-electron chi connectivity index (χ3n) is 2.07. The molecule has 1 aliphatic carbocycles. The van der Waals surface area contributed by atoms with Crippen LogP contribution in [0, 0.1) is 0 Å². The maximum absolute atomic E-state index is 5.78. The second-order valence-corrected chi connectivity index (χ2v) is 3.00. The predicted octanol–water partition coefficient (Wildman–Crippen LogP) is 1.29. The summed E-state index contributed by atoms with van der Waals surface area (Å²) in [6, 6.07) is 0.394. The van der Waals surface area contributed by atoms with Crippen LogP contribution in [-0.4, -0.2) is 18.8 Å². The van der Waals surface area contributed by atoms with E-state index in [-0.39, 0.29) is 0 Å². The maximum atomic E-state index is 5.78. The van der Waals surface area contributed by atoms with Gasteiger partial charge in [-0.2, -0.15) is 0 Å². The van der Waals surface area contributed by atoms with E-state index in [1.807, 2.05) is 6.92 Å². The van der Waals surface area contributed by atoms with Gasteiger partial charge in [-0.1, -0.05) is 0 Å². The normalized spacial score (nSPS) is 34.2. The number of rotatable bonds is 2. The lowest BCUT2D eigenvalue weighted by Crippen LogP contribution is -2.32. The van der Waals surface area contributed by atoms with E-state index in [1.165, 1.54) is 19.3 Å². The van der Waals surface area contributed by atoms with E-state index in [2.05, 4.69) is 0 Å². The van der Waals surface area contributed by atoms with Crippen molar-refractivity contribution >= 4 is 0 Å². The van der Waals surface area contributed by atoms with Crippen LogP contribution in [0.25, 0.3) is 0 Å². The minimum absolute atomic E-state index is 0.394. The van der Waals surface area contributed by atoms with Gasteiger partial charge >= 0.3 is 0 Å². The molecule has 2 N–H and O–H groups in total.